The highest BCUT2D eigenvalue weighted by Gasteiger charge is 2.62. The van der Waals surface area contributed by atoms with Crippen LogP contribution in [0, 0.1) is 34.1 Å². The van der Waals surface area contributed by atoms with Crippen molar-refractivity contribution in [1.82, 2.24) is 0 Å². The Bertz CT molecular complexity index is 2400. The summed E-state index contributed by atoms with van der Waals surface area (Å²) in [5, 5.41) is 25.6. The summed E-state index contributed by atoms with van der Waals surface area (Å²) in [5.41, 5.74) is 4.89. The van der Waals surface area contributed by atoms with Crippen molar-refractivity contribution in [2.75, 3.05) is 76.0 Å². The van der Waals surface area contributed by atoms with Gasteiger partial charge in [-0.15, -0.1) is 0 Å². The second-order valence-corrected chi connectivity index (χ2v) is 18.4. The summed E-state index contributed by atoms with van der Waals surface area (Å²) in [7, 11) is 10.0. The molecule has 61 heavy (non-hydrogen) atoms. The lowest BCUT2D eigenvalue weighted by Crippen LogP contribution is -2.51. The first-order valence-electron chi connectivity index (χ1n) is 19.7. The van der Waals surface area contributed by atoms with E-state index in [4.69, 9.17) is 0 Å². The first-order valence-corrected chi connectivity index (χ1v) is 21.1. The van der Waals surface area contributed by atoms with Crippen molar-refractivity contribution in [2.45, 2.75) is 23.3 Å². The van der Waals surface area contributed by atoms with Crippen molar-refractivity contribution in [2.24, 2.45) is 0 Å². The predicted molar refractivity (Wildman–Crippen MR) is 247 cm³/mol. The van der Waals surface area contributed by atoms with Crippen LogP contribution in [0.1, 0.15) is 44.5 Å². The molecule has 0 N–H and O–H groups in total. The maximum atomic E-state index is 17.7. The number of nitro benzene ring substituents is 2. The molecular formula is C48H52N6O6S. The third kappa shape index (κ3) is 7.43. The van der Waals surface area contributed by atoms with Crippen molar-refractivity contribution in [3.05, 3.63) is 198 Å². The number of hydrogen-bond donors (Lipinski definition) is 0. The van der Waals surface area contributed by atoms with E-state index in [1.54, 1.807) is 86.6 Å². The number of hydrogen-bond acceptors (Lipinski definition) is 10. The summed E-state index contributed by atoms with van der Waals surface area (Å²) in [6, 6.07) is 37.8. The lowest BCUT2D eigenvalue weighted by molar-refractivity contribution is -0.385. The van der Waals surface area contributed by atoms with Crippen LogP contribution in [-0.2, 0) is 19.3 Å². The molecule has 0 heterocycles. The highest BCUT2D eigenvalue weighted by Crippen LogP contribution is 2.58. The Morgan fingerprint density at radius 2 is 0.607 bits per heavy atom. The van der Waals surface area contributed by atoms with E-state index in [-0.39, 0.29) is 22.5 Å². The van der Waals surface area contributed by atoms with Crippen LogP contribution in [0.3, 0.4) is 0 Å². The van der Waals surface area contributed by atoms with E-state index < -0.39 is 29.2 Å². The summed E-state index contributed by atoms with van der Waals surface area (Å²) in [6.07, 6.45) is 0. The van der Waals surface area contributed by atoms with Gasteiger partial charge in [-0.3, -0.25) is 20.2 Å². The normalized spacial score (nSPS) is 11.8. The van der Waals surface area contributed by atoms with Crippen LogP contribution < -0.4 is 19.6 Å². The molecule has 6 rings (SSSR count). The SMILES string of the molecule is Cc1ccc(C(c2ccc(N(C)C)cc2)(c2ccc(N(C)C)cc2)S(=O)(=O)C(c2ccc(N(C)C)cc2)(c2ccc(N(C)C)cc2)c2ccc(C)c([N+](=O)[O-])c2)cc1[N+](=O)[O-]. The maximum absolute atomic E-state index is 17.7. The minimum Gasteiger partial charge on any atom is -0.378 e. The third-order valence-corrected chi connectivity index (χ3v) is 14.6. The summed E-state index contributed by atoms with van der Waals surface area (Å²) in [5.74, 6) is 0. The van der Waals surface area contributed by atoms with Gasteiger partial charge in [-0.1, -0.05) is 72.8 Å². The van der Waals surface area contributed by atoms with Crippen LogP contribution in [0.5, 0.6) is 0 Å². The molecular weight excluding hydrogens is 789 g/mol. The van der Waals surface area contributed by atoms with Gasteiger partial charge in [0.05, 0.1) is 9.85 Å². The number of sulfone groups is 1. The summed E-state index contributed by atoms with van der Waals surface area (Å²) >= 11 is 0. The van der Waals surface area contributed by atoms with Gasteiger partial charge in [0.2, 0.25) is 0 Å². The standard InChI is InChI=1S/C48H52N6O6S/c1-33-11-13-39(31-45(33)53(55)56)47(35-15-23-41(24-16-35)49(3)4,36-17-25-42(26-18-36)50(5)6)61(59,60)48(37-19-27-43(28-20-37)51(7)8,38-21-29-44(30-22-38)52(9)10)40-14-12-34(2)46(32-40)54(57)58/h11-32H,1-10H3. The fourth-order valence-electron chi connectivity index (χ4n) is 8.19. The van der Waals surface area contributed by atoms with E-state index in [9.17, 15) is 20.2 Å². The number of aryl methyl sites for hydroxylation is 2. The number of nitro groups is 2. The first kappa shape index (κ1) is 43.8. The molecule has 316 valence electrons. The second-order valence-electron chi connectivity index (χ2n) is 16.1. The Hall–Kier alpha value is -6.73. The van der Waals surface area contributed by atoms with Crippen molar-refractivity contribution in [1.29, 1.82) is 0 Å². The molecule has 0 aliphatic carbocycles. The molecule has 0 spiro atoms. The first-order chi connectivity index (χ1) is 28.8. The van der Waals surface area contributed by atoms with E-state index in [2.05, 4.69) is 0 Å². The summed E-state index contributed by atoms with van der Waals surface area (Å²) < 4.78 is 31.0. The van der Waals surface area contributed by atoms with Crippen LogP contribution in [0.25, 0.3) is 0 Å². The molecule has 0 aliphatic heterocycles. The molecule has 0 radical (unpaired) electrons. The number of nitrogens with zero attached hydrogens (tertiary/aromatic N) is 6. The fourth-order valence-corrected chi connectivity index (χ4v) is 11.3. The van der Waals surface area contributed by atoms with Gasteiger partial charge in [-0.05, 0) is 95.8 Å². The van der Waals surface area contributed by atoms with Gasteiger partial charge >= 0.3 is 0 Å². The fraction of sp³-hybridized carbons (Fsp3) is 0.250. The molecule has 0 unspecified atom stereocenters. The molecule has 6 aromatic rings. The molecule has 0 bridgehead atoms. The van der Waals surface area contributed by atoms with Crippen molar-refractivity contribution < 1.29 is 18.3 Å². The van der Waals surface area contributed by atoms with Crippen LogP contribution in [0.4, 0.5) is 34.1 Å². The Morgan fingerprint density at radius 1 is 0.393 bits per heavy atom. The van der Waals surface area contributed by atoms with Crippen LogP contribution in [-0.4, -0.2) is 74.6 Å². The van der Waals surface area contributed by atoms with Gasteiger partial charge in [0, 0.05) is 102 Å². The quantitative estimate of drug-likeness (QED) is 0.0594. The van der Waals surface area contributed by atoms with Gasteiger partial charge in [-0.25, -0.2) is 8.42 Å². The Kier molecular flexibility index (Phi) is 12.0. The molecule has 0 aromatic heterocycles. The zero-order valence-corrected chi connectivity index (χ0v) is 37.1. The minimum absolute atomic E-state index is 0.126. The third-order valence-electron chi connectivity index (χ3n) is 11.6. The molecule has 0 saturated heterocycles. The number of benzene rings is 6. The zero-order valence-electron chi connectivity index (χ0n) is 36.2. The average molecular weight is 841 g/mol. The lowest BCUT2D eigenvalue weighted by Gasteiger charge is -2.45. The number of rotatable bonds is 14. The van der Waals surface area contributed by atoms with Crippen LogP contribution >= 0.6 is 0 Å². The maximum Gasteiger partial charge on any atom is 0.272 e. The summed E-state index contributed by atoms with van der Waals surface area (Å²) in [4.78, 5) is 32.2. The van der Waals surface area contributed by atoms with E-state index in [1.807, 2.05) is 125 Å². The average Bonchev–Trinajstić information content (AvgIpc) is 3.22. The Morgan fingerprint density at radius 3 is 0.803 bits per heavy atom. The van der Waals surface area contributed by atoms with E-state index in [0.717, 1.165) is 22.7 Å². The molecule has 6 aromatic carbocycles. The minimum atomic E-state index is -5.05. The highest BCUT2D eigenvalue weighted by atomic mass is 32.2. The van der Waals surface area contributed by atoms with Crippen molar-refractivity contribution in [3.63, 3.8) is 0 Å². The topological polar surface area (TPSA) is 133 Å². The highest BCUT2D eigenvalue weighted by molar-refractivity contribution is 7.94. The van der Waals surface area contributed by atoms with Gasteiger partial charge in [0.15, 0.2) is 9.84 Å². The second kappa shape index (κ2) is 16.7. The van der Waals surface area contributed by atoms with Gasteiger partial charge in [0.25, 0.3) is 11.4 Å². The van der Waals surface area contributed by atoms with Gasteiger partial charge in [0.1, 0.15) is 9.49 Å². The van der Waals surface area contributed by atoms with Gasteiger partial charge < -0.3 is 19.6 Å². The summed E-state index contributed by atoms with van der Waals surface area (Å²) in [6.45, 7) is 3.23. The monoisotopic (exact) mass is 840 g/mol. The Labute approximate surface area is 358 Å². The molecule has 12 nitrogen and oxygen atoms in total. The van der Waals surface area contributed by atoms with Crippen molar-refractivity contribution in [3.8, 4) is 0 Å². The molecule has 0 fully saturated rings. The van der Waals surface area contributed by atoms with E-state index in [0.29, 0.717) is 33.4 Å². The molecule has 0 saturated carbocycles. The lowest BCUT2D eigenvalue weighted by atomic mass is 9.82. The largest absolute Gasteiger partial charge is 0.378 e. The molecule has 0 atom stereocenters. The van der Waals surface area contributed by atoms with Crippen LogP contribution in [0.2, 0.25) is 0 Å². The van der Waals surface area contributed by atoms with Gasteiger partial charge in [-0.2, -0.15) is 0 Å². The molecule has 0 amide bonds. The molecule has 13 heteroatoms. The van der Waals surface area contributed by atoms with E-state index in [1.165, 1.54) is 12.1 Å². The van der Waals surface area contributed by atoms with E-state index >= 15 is 8.42 Å². The Balaban J connectivity index is 1.96. The number of anilines is 4. The zero-order chi connectivity index (χ0) is 44.6. The van der Waals surface area contributed by atoms with Crippen molar-refractivity contribution >= 4 is 44.0 Å². The van der Waals surface area contributed by atoms with Crippen LogP contribution in [0.15, 0.2) is 133 Å². The predicted octanol–water partition coefficient (Wildman–Crippen LogP) is 9.08. The smallest absolute Gasteiger partial charge is 0.272 e. The molecule has 0 aliphatic rings.